The zero-order valence-corrected chi connectivity index (χ0v) is 26.7. The number of unbranched alkanes of at least 4 members (excludes halogenated alkanes) is 1. The van der Waals surface area contributed by atoms with Crippen LogP contribution in [0.5, 0.6) is 0 Å². The van der Waals surface area contributed by atoms with Crippen molar-refractivity contribution in [3.63, 3.8) is 0 Å². The SMILES string of the molecule is CCCC[N+]1=C(/C=C/C=C/C=C2\C(C)(C)c3cc(S(=O)(=O)O)ccc3C23CCCCC3C(=O)O)C(C)(C)c2ccccc21. The maximum Gasteiger partial charge on any atom is 0.307 e. The lowest BCUT2D eigenvalue weighted by molar-refractivity contribution is -0.438. The van der Waals surface area contributed by atoms with Crippen molar-refractivity contribution in [1.29, 1.82) is 0 Å². The Labute approximate surface area is 256 Å². The monoisotopic (exact) mass is 602 g/mol. The van der Waals surface area contributed by atoms with E-state index in [1.165, 1.54) is 29.1 Å². The van der Waals surface area contributed by atoms with Crippen LogP contribution in [0, 0.1) is 5.92 Å². The van der Waals surface area contributed by atoms with Gasteiger partial charge in [0.1, 0.15) is 6.54 Å². The van der Waals surface area contributed by atoms with E-state index < -0.39 is 32.8 Å². The van der Waals surface area contributed by atoms with Crippen molar-refractivity contribution in [2.75, 3.05) is 6.54 Å². The number of hydrogen-bond acceptors (Lipinski definition) is 3. The second-order valence-electron chi connectivity index (χ2n) is 13.3. The summed E-state index contributed by atoms with van der Waals surface area (Å²) < 4.78 is 36.3. The minimum atomic E-state index is -4.40. The number of allylic oxidation sites excluding steroid dienone is 6. The van der Waals surface area contributed by atoms with Gasteiger partial charge in [-0.15, -0.1) is 0 Å². The third-order valence-electron chi connectivity index (χ3n) is 10.1. The lowest BCUT2D eigenvalue weighted by Crippen LogP contribution is -2.43. The minimum Gasteiger partial charge on any atom is -0.481 e. The predicted molar refractivity (Wildman–Crippen MR) is 171 cm³/mol. The Morgan fingerprint density at radius 2 is 1.72 bits per heavy atom. The number of carboxylic acids is 1. The van der Waals surface area contributed by atoms with E-state index in [2.05, 4.69) is 61.8 Å². The fourth-order valence-corrected chi connectivity index (χ4v) is 8.51. The molecule has 0 aromatic heterocycles. The molecule has 6 nitrogen and oxygen atoms in total. The van der Waals surface area contributed by atoms with Crippen molar-refractivity contribution in [2.24, 2.45) is 5.92 Å². The highest BCUT2D eigenvalue weighted by atomic mass is 32.2. The first-order valence-electron chi connectivity index (χ1n) is 15.4. The average molecular weight is 603 g/mol. The topological polar surface area (TPSA) is 94.7 Å². The Kier molecular flexibility index (Phi) is 8.20. The maximum atomic E-state index is 12.7. The van der Waals surface area contributed by atoms with Gasteiger partial charge in [-0.25, -0.2) is 0 Å². The Balaban J connectivity index is 1.57. The van der Waals surface area contributed by atoms with Crippen molar-refractivity contribution < 1.29 is 27.4 Å². The smallest absolute Gasteiger partial charge is 0.307 e. The van der Waals surface area contributed by atoms with Gasteiger partial charge in [0.15, 0.2) is 5.71 Å². The van der Waals surface area contributed by atoms with Crippen molar-refractivity contribution in [2.45, 2.75) is 94.3 Å². The largest absolute Gasteiger partial charge is 0.481 e. The predicted octanol–water partition coefficient (Wildman–Crippen LogP) is 7.65. The van der Waals surface area contributed by atoms with Crippen LogP contribution in [0.2, 0.25) is 0 Å². The normalized spacial score (nSPS) is 25.3. The lowest BCUT2D eigenvalue weighted by Gasteiger charge is -2.43. The summed E-state index contributed by atoms with van der Waals surface area (Å²) in [5.41, 5.74) is 4.94. The Morgan fingerprint density at radius 3 is 2.42 bits per heavy atom. The van der Waals surface area contributed by atoms with Crippen LogP contribution in [0.1, 0.15) is 89.8 Å². The van der Waals surface area contributed by atoms with Crippen molar-refractivity contribution in [1.82, 2.24) is 0 Å². The Morgan fingerprint density at radius 1 is 0.977 bits per heavy atom. The molecule has 2 N–H and O–H groups in total. The number of rotatable bonds is 8. The summed E-state index contributed by atoms with van der Waals surface area (Å²) >= 11 is 0. The second-order valence-corrected chi connectivity index (χ2v) is 14.7. The molecular weight excluding hydrogens is 558 g/mol. The summed E-state index contributed by atoms with van der Waals surface area (Å²) in [6, 6.07) is 13.3. The van der Waals surface area contributed by atoms with Gasteiger partial charge in [0.25, 0.3) is 10.1 Å². The molecule has 3 aliphatic rings. The molecule has 0 amide bonds. The van der Waals surface area contributed by atoms with Gasteiger partial charge in [-0.05, 0) is 55.5 Å². The Hall–Kier alpha value is -3.29. The highest BCUT2D eigenvalue weighted by molar-refractivity contribution is 7.85. The van der Waals surface area contributed by atoms with Crippen LogP contribution < -0.4 is 0 Å². The van der Waals surface area contributed by atoms with Crippen LogP contribution in [0.25, 0.3) is 0 Å². The number of para-hydroxylation sites is 1. The van der Waals surface area contributed by atoms with Gasteiger partial charge in [-0.1, -0.05) is 88.6 Å². The van der Waals surface area contributed by atoms with E-state index in [0.29, 0.717) is 12.8 Å². The first-order chi connectivity index (χ1) is 20.3. The molecule has 43 heavy (non-hydrogen) atoms. The minimum absolute atomic E-state index is 0.131. The molecule has 2 aromatic carbocycles. The molecule has 7 heteroatoms. The van der Waals surface area contributed by atoms with Gasteiger partial charge in [0, 0.05) is 35.0 Å². The molecular formula is C36H44NO5S+. The molecule has 1 fully saturated rings. The summed E-state index contributed by atoms with van der Waals surface area (Å²) in [6.45, 7) is 11.7. The van der Waals surface area contributed by atoms with Crippen LogP contribution in [0.15, 0.2) is 83.3 Å². The Bertz CT molecular complexity index is 1670. The molecule has 1 saturated carbocycles. The van der Waals surface area contributed by atoms with E-state index in [0.717, 1.165) is 48.9 Å². The molecule has 228 valence electrons. The first kappa shape index (κ1) is 31.1. The van der Waals surface area contributed by atoms with Crippen LogP contribution in [0.4, 0.5) is 5.69 Å². The van der Waals surface area contributed by atoms with Crippen molar-refractivity contribution >= 4 is 27.5 Å². The number of aliphatic carboxylic acids is 1. The highest BCUT2D eigenvalue weighted by Gasteiger charge is 2.58. The molecule has 1 aliphatic heterocycles. The van der Waals surface area contributed by atoms with Gasteiger partial charge in [-0.2, -0.15) is 13.0 Å². The molecule has 2 unspecified atom stereocenters. The van der Waals surface area contributed by atoms with Gasteiger partial charge in [-0.3, -0.25) is 9.35 Å². The van der Waals surface area contributed by atoms with Crippen molar-refractivity contribution in [3.05, 3.63) is 95.1 Å². The van der Waals surface area contributed by atoms with E-state index in [9.17, 15) is 22.9 Å². The molecule has 0 radical (unpaired) electrons. The molecule has 0 saturated heterocycles. The lowest BCUT2D eigenvalue weighted by atomic mass is 9.59. The number of carboxylic acid groups (broad SMARTS) is 1. The zero-order chi connectivity index (χ0) is 31.2. The maximum absolute atomic E-state index is 12.7. The van der Waals surface area contributed by atoms with Gasteiger partial charge < -0.3 is 5.11 Å². The van der Waals surface area contributed by atoms with Crippen molar-refractivity contribution in [3.8, 4) is 0 Å². The van der Waals surface area contributed by atoms with Crippen LogP contribution in [-0.4, -0.2) is 40.9 Å². The summed E-state index contributed by atoms with van der Waals surface area (Å²) in [6.07, 6.45) is 15.5. The summed E-state index contributed by atoms with van der Waals surface area (Å²) in [7, 11) is -4.40. The van der Waals surface area contributed by atoms with Crippen LogP contribution in [-0.2, 0) is 31.2 Å². The molecule has 5 rings (SSSR count). The third-order valence-corrected chi connectivity index (χ3v) is 10.9. The molecule has 2 aliphatic carbocycles. The number of fused-ring (bicyclic) bond motifs is 3. The van der Waals surface area contributed by atoms with E-state index in [4.69, 9.17) is 0 Å². The number of hydrogen-bond donors (Lipinski definition) is 2. The summed E-state index contributed by atoms with van der Waals surface area (Å²) in [5.74, 6) is -1.45. The molecule has 1 spiro atoms. The van der Waals surface area contributed by atoms with Gasteiger partial charge in [0.2, 0.25) is 5.69 Å². The third kappa shape index (κ3) is 5.14. The fourth-order valence-electron chi connectivity index (χ4n) is 8.01. The fraction of sp³-hybridized carbons (Fsp3) is 0.444. The van der Waals surface area contributed by atoms with E-state index in [1.807, 2.05) is 32.1 Å². The quantitative estimate of drug-likeness (QED) is 0.184. The average Bonchev–Trinajstić information content (AvgIpc) is 3.28. The van der Waals surface area contributed by atoms with Gasteiger partial charge >= 0.3 is 5.97 Å². The van der Waals surface area contributed by atoms with E-state index in [-0.39, 0.29) is 10.3 Å². The van der Waals surface area contributed by atoms with E-state index in [1.54, 1.807) is 6.07 Å². The second kappa shape index (κ2) is 11.3. The van der Waals surface area contributed by atoms with Crippen LogP contribution in [0.3, 0.4) is 0 Å². The highest BCUT2D eigenvalue weighted by Crippen LogP contribution is 2.61. The molecule has 1 heterocycles. The van der Waals surface area contributed by atoms with Gasteiger partial charge in [0.05, 0.1) is 16.2 Å². The summed E-state index contributed by atoms with van der Waals surface area (Å²) in [5, 5.41) is 10.4. The zero-order valence-electron chi connectivity index (χ0n) is 25.9. The molecule has 2 atom stereocenters. The van der Waals surface area contributed by atoms with E-state index >= 15 is 0 Å². The van der Waals surface area contributed by atoms with Crippen LogP contribution >= 0.6 is 0 Å². The standard InChI is InChI=1S/C36H43NO5S/c1-6-7-23-37-30-17-12-11-15-27(30)35(4,5)32(37)19-10-8-9-18-31-34(2,3)29-24-25(43(40,41)42)20-21-26(29)36(31)22-14-13-16-28(36)33(38)39/h8-12,15,17-21,24,28H,6-7,13-14,16,22-23H2,1-5H3,(H-,38,39,40,41,42)/p+1/b9-8+,19-10+,31-18+. The molecule has 2 aromatic rings. The number of benzene rings is 2. The first-order valence-corrected chi connectivity index (χ1v) is 16.9. The summed E-state index contributed by atoms with van der Waals surface area (Å²) in [4.78, 5) is 12.5. The molecule has 0 bridgehead atoms. The number of carbonyl (C=O) groups is 1. The number of nitrogens with zero attached hydrogens (tertiary/aromatic N) is 1.